The van der Waals surface area contributed by atoms with E-state index in [1.165, 1.54) is 52.8 Å². The van der Waals surface area contributed by atoms with Crippen LogP contribution in [0.3, 0.4) is 0 Å². The monoisotopic (exact) mass is 744 g/mol. The number of fused-ring (bicyclic) bond motifs is 2. The van der Waals surface area contributed by atoms with Gasteiger partial charge in [0.25, 0.3) is 0 Å². The van der Waals surface area contributed by atoms with Crippen molar-refractivity contribution in [3.8, 4) is 0 Å². The van der Waals surface area contributed by atoms with Crippen molar-refractivity contribution in [3.05, 3.63) is 101 Å². The molecule has 54 heavy (non-hydrogen) atoms. The lowest BCUT2D eigenvalue weighted by Gasteiger charge is -2.55. The molecule has 2 fully saturated rings. The zero-order chi connectivity index (χ0) is 39.7. The minimum Gasteiger partial charge on any atom is -0.462 e. The van der Waals surface area contributed by atoms with Crippen molar-refractivity contribution in [1.29, 1.82) is 0 Å². The van der Waals surface area contributed by atoms with Crippen molar-refractivity contribution in [1.82, 2.24) is 0 Å². The average molecular weight is 745 g/mol. The first-order valence-electron chi connectivity index (χ1n) is 17.8. The molecule has 2 saturated carbocycles. The summed E-state index contributed by atoms with van der Waals surface area (Å²) in [7, 11) is 0. The molecule has 2 aromatic carbocycles. The lowest BCUT2D eigenvalue weighted by Crippen LogP contribution is -2.64. The van der Waals surface area contributed by atoms with Gasteiger partial charge < -0.3 is 33.9 Å². The van der Waals surface area contributed by atoms with Crippen LogP contribution in [0.4, 0.5) is 0 Å². The number of aliphatic hydroxyl groups is 2. The Morgan fingerprint density at radius 1 is 0.833 bits per heavy atom. The Hall–Kier alpha value is -5.07. The van der Waals surface area contributed by atoms with E-state index in [0.717, 1.165) is 5.56 Å². The van der Waals surface area contributed by atoms with E-state index in [4.69, 9.17) is 23.7 Å². The highest BCUT2D eigenvalue weighted by Gasteiger charge is 2.74. The van der Waals surface area contributed by atoms with Crippen molar-refractivity contribution in [2.24, 2.45) is 16.7 Å². The first-order chi connectivity index (χ1) is 25.3. The van der Waals surface area contributed by atoms with Crippen LogP contribution < -0.4 is 0 Å². The largest absolute Gasteiger partial charge is 0.462 e. The standard InChI is InChI=1S/C42H48O12/c1-23-30(46)21-32(50-25(3)43)41(8)35(23)37(51-26(4)44)42(40(6,7)49)22-31(53-33(47)20-19-28-15-11-9-12-16-28)24(2)34(42)36(38(41)52-27(5)45)54-39(48)29-17-13-10-14-18-29/h9-20,30-32,35-38,46,49H,1,21-22H2,2-8H3/b20-19+/t30-,31-,32-,35-,36+,37-,38-,41+,42-/m0/s1. The first kappa shape index (κ1) is 40.1. The van der Waals surface area contributed by atoms with E-state index < -0.39 is 88.8 Å². The van der Waals surface area contributed by atoms with Crippen molar-refractivity contribution in [3.63, 3.8) is 0 Å². The fourth-order valence-corrected chi connectivity index (χ4v) is 8.82. The Morgan fingerprint density at radius 2 is 1.39 bits per heavy atom. The van der Waals surface area contributed by atoms with E-state index >= 15 is 0 Å². The molecule has 0 radical (unpaired) electrons. The van der Waals surface area contributed by atoms with E-state index in [0.29, 0.717) is 5.57 Å². The van der Waals surface area contributed by atoms with E-state index in [9.17, 15) is 34.2 Å². The molecule has 12 heteroatoms. The van der Waals surface area contributed by atoms with Crippen LogP contribution in [0, 0.1) is 16.7 Å². The highest BCUT2D eigenvalue weighted by atomic mass is 16.6. The van der Waals surface area contributed by atoms with Gasteiger partial charge in [-0.25, -0.2) is 9.59 Å². The predicted molar refractivity (Wildman–Crippen MR) is 195 cm³/mol. The quantitative estimate of drug-likeness (QED) is 0.152. The zero-order valence-corrected chi connectivity index (χ0v) is 31.6. The molecule has 9 atom stereocenters. The Balaban J connectivity index is 1.83. The van der Waals surface area contributed by atoms with E-state index in [1.54, 1.807) is 38.1 Å². The Bertz CT molecular complexity index is 1860. The molecule has 12 nitrogen and oxygen atoms in total. The maximum Gasteiger partial charge on any atom is 0.338 e. The SMILES string of the molecule is C=C1[C@@H](O)C[C@H](OC(C)=O)[C@@]2(C)[C@@H](OC(C)=O)[C@H](OC(=O)c3ccccc3)C3=C(C)[C@@H](OC(=O)/C=C/c4ccccc4)C[C@@]3(C(C)(C)O)[C@@H](OC(C)=O)[C@H]12. The second kappa shape index (κ2) is 15.3. The van der Waals surface area contributed by atoms with Crippen LogP contribution >= 0.6 is 0 Å². The molecular formula is C42H48O12. The zero-order valence-electron chi connectivity index (χ0n) is 31.6. The summed E-state index contributed by atoms with van der Waals surface area (Å²) in [5.41, 5.74) is -3.68. The maximum atomic E-state index is 14.1. The number of rotatable bonds is 9. The number of carbonyl (C=O) groups excluding carboxylic acids is 5. The van der Waals surface area contributed by atoms with Gasteiger partial charge in [-0.2, -0.15) is 0 Å². The molecule has 0 spiro atoms. The number of hydrogen-bond donors (Lipinski definition) is 2. The number of hydrogen-bond acceptors (Lipinski definition) is 12. The predicted octanol–water partition coefficient (Wildman–Crippen LogP) is 5.07. The summed E-state index contributed by atoms with van der Waals surface area (Å²) < 4.78 is 30.7. The van der Waals surface area contributed by atoms with Gasteiger partial charge in [-0.3, -0.25) is 14.4 Å². The summed E-state index contributed by atoms with van der Waals surface area (Å²) in [6.45, 7) is 14.0. The molecule has 3 aliphatic carbocycles. The summed E-state index contributed by atoms with van der Waals surface area (Å²) in [4.78, 5) is 66.6. The summed E-state index contributed by atoms with van der Waals surface area (Å²) in [5.74, 6) is -5.02. The van der Waals surface area contributed by atoms with E-state index in [-0.39, 0.29) is 29.6 Å². The van der Waals surface area contributed by atoms with Gasteiger partial charge in [0, 0.05) is 45.6 Å². The number of benzene rings is 2. The summed E-state index contributed by atoms with van der Waals surface area (Å²) in [6, 6.07) is 17.2. The molecule has 2 aromatic rings. The van der Waals surface area contributed by atoms with Gasteiger partial charge in [0.1, 0.15) is 18.3 Å². The van der Waals surface area contributed by atoms with Crippen LogP contribution in [0.5, 0.6) is 0 Å². The van der Waals surface area contributed by atoms with Crippen LogP contribution in [0.1, 0.15) is 77.2 Å². The highest BCUT2D eigenvalue weighted by Crippen LogP contribution is 2.66. The van der Waals surface area contributed by atoms with Crippen LogP contribution in [-0.4, -0.2) is 82.3 Å². The molecule has 5 rings (SSSR count). The number of esters is 5. The van der Waals surface area contributed by atoms with Crippen LogP contribution in [-0.2, 0) is 42.9 Å². The fraction of sp³-hybridized carbons (Fsp3) is 0.452. The average Bonchev–Trinajstić information content (AvgIpc) is 3.36. The van der Waals surface area contributed by atoms with Gasteiger partial charge in [-0.15, -0.1) is 0 Å². The minimum absolute atomic E-state index is 0.145. The molecule has 0 aromatic heterocycles. The second-order valence-electron chi connectivity index (χ2n) is 15.0. The lowest BCUT2D eigenvalue weighted by molar-refractivity contribution is -0.214. The lowest BCUT2D eigenvalue weighted by atomic mass is 9.54. The normalized spacial score (nSPS) is 30.8. The third-order valence-corrected chi connectivity index (χ3v) is 11.2. The second-order valence-corrected chi connectivity index (χ2v) is 15.0. The Kier molecular flexibility index (Phi) is 11.4. The summed E-state index contributed by atoms with van der Waals surface area (Å²) >= 11 is 0. The molecule has 0 saturated heterocycles. The highest BCUT2D eigenvalue weighted by molar-refractivity contribution is 5.90. The Morgan fingerprint density at radius 3 is 1.94 bits per heavy atom. The third kappa shape index (κ3) is 7.37. The Labute approximate surface area is 314 Å². The van der Waals surface area contributed by atoms with Gasteiger partial charge in [-0.1, -0.05) is 62.0 Å². The first-order valence-corrected chi connectivity index (χ1v) is 17.8. The summed E-state index contributed by atoms with van der Waals surface area (Å²) in [5, 5.41) is 24.0. The van der Waals surface area contributed by atoms with E-state index in [1.807, 2.05) is 30.3 Å². The van der Waals surface area contributed by atoms with Crippen LogP contribution in [0.15, 0.2) is 90.0 Å². The number of aliphatic hydroxyl groups excluding tert-OH is 1. The maximum absolute atomic E-state index is 14.1. The molecule has 0 unspecified atom stereocenters. The minimum atomic E-state index is -1.87. The molecular weight excluding hydrogens is 696 g/mol. The number of carbonyl (C=O) groups is 5. The molecule has 288 valence electrons. The van der Waals surface area contributed by atoms with Crippen molar-refractivity contribution < 1.29 is 57.9 Å². The van der Waals surface area contributed by atoms with Gasteiger partial charge in [0.05, 0.1) is 28.1 Å². The van der Waals surface area contributed by atoms with Gasteiger partial charge in [0.2, 0.25) is 0 Å². The molecule has 0 bridgehead atoms. The van der Waals surface area contributed by atoms with Crippen LogP contribution in [0.2, 0.25) is 0 Å². The molecule has 0 amide bonds. The van der Waals surface area contributed by atoms with Crippen molar-refractivity contribution in [2.75, 3.05) is 0 Å². The van der Waals surface area contributed by atoms with Crippen LogP contribution in [0.25, 0.3) is 6.08 Å². The number of ether oxygens (including phenoxy) is 5. The van der Waals surface area contributed by atoms with Gasteiger partial charge >= 0.3 is 29.8 Å². The van der Waals surface area contributed by atoms with Gasteiger partial charge in [-0.05, 0) is 61.3 Å². The third-order valence-electron chi connectivity index (χ3n) is 11.2. The topological polar surface area (TPSA) is 172 Å². The van der Waals surface area contributed by atoms with Gasteiger partial charge in [0.15, 0.2) is 12.2 Å². The van der Waals surface area contributed by atoms with Crippen molar-refractivity contribution in [2.45, 2.75) is 104 Å². The molecule has 0 aliphatic heterocycles. The smallest absolute Gasteiger partial charge is 0.338 e. The van der Waals surface area contributed by atoms with Crippen molar-refractivity contribution >= 4 is 35.9 Å². The molecule has 2 N–H and O–H groups in total. The molecule has 3 aliphatic rings. The molecule has 0 heterocycles. The fourth-order valence-electron chi connectivity index (χ4n) is 8.82. The van der Waals surface area contributed by atoms with E-state index in [2.05, 4.69) is 6.58 Å². The summed E-state index contributed by atoms with van der Waals surface area (Å²) in [6.07, 6.45) is -5.62.